The summed E-state index contributed by atoms with van der Waals surface area (Å²) in [6.07, 6.45) is 0. The van der Waals surface area contributed by atoms with E-state index in [1.165, 1.54) is 13.8 Å². The number of nitrogens with zero attached hydrogens (tertiary/aromatic N) is 2. The van der Waals surface area contributed by atoms with E-state index in [2.05, 4.69) is 5.10 Å². The molecule has 80 valence electrons. The summed E-state index contributed by atoms with van der Waals surface area (Å²) in [5.74, 6) is 0. The highest BCUT2D eigenvalue weighted by Gasteiger charge is 2.32. The second-order valence-corrected chi connectivity index (χ2v) is 3.07. The normalized spacial score (nSPS) is 12.1. The number of alkyl halides is 1. The highest BCUT2D eigenvalue weighted by molar-refractivity contribution is 6.74. The quantitative estimate of drug-likeness (QED) is 0.545. The van der Waals surface area contributed by atoms with Crippen molar-refractivity contribution in [1.29, 1.82) is 0 Å². The van der Waals surface area contributed by atoms with Crippen molar-refractivity contribution in [3.05, 3.63) is 11.4 Å². The van der Waals surface area contributed by atoms with Crippen LogP contribution < -0.4 is 5.46 Å². The molecule has 1 rings (SSSR count). The second-order valence-electron chi connectivity index (χ2n) is 3.07. The van der Waals surface area contributed by atoms with Gasteiger partial charge in [0.15, 0.2) is 0 Å². The summed E-state index contributed by atoms with van der Waals surface area (Å²) in [5.41, 5.74) is -0.783. The van der Waals surface area contributed by atoms with Gasteiger partial charge in [-0.25, -0.2) is 4.39 Å². The van der Waals surface area contributed by atoms with Crippen LogP contribution in [0.3, 0.4) is 0 Å². The summed E-state index contributed by atoms with van der Waals surface area (Å²) in [4.78, 5) is 0. The molecule has 1 aromatic heterocycles. The fraction of sp³-hybridized carbons (Fsp3) is 0.571. The molecule has 0 unspecified atom stereocenters. The summed E-state index contributed by atoms with van der Waals surface area (Å²) in [6.45, 7) is -3.31. The smallest absolute Gasteiger partial charge is 0.445 e. The summed E-state index contributed by atoms with van der Waals surface area (Å²) in [6, 6.07) is 0. The number of rotatable bonds is 3. The first-order valence-electron chi connectivity index (χ1n) is 4.17. The Bertz CT molecular complexity index is 331. The molecule has 1 aromatic rings. The van der Waals surface area contributed by atoms with Crippen molar-refractivity contribution >= 4 is 12.4 Å². The lowest BCUT2D eigenvalue weighted by molar-refractivity contribution is 0.422. The van der Waals surface area contributed by atoms with Crippen LogP contribution in [0.15, 0.2) is 0 Å². The van der Waals surface area contributed by atoms with E-state index in [-0.39, 0.29) is 17.9 Å². The van der Waals surface area contributed by atoms with Crippen molar-refractivity contribution < 1.29 is 17.3 Å². The molecule has 0 saturated carbocycles. The molecular weight excluding hydrogens is 199 g/mol. The average molecular weight is 209 g/mol. The largest absolute Gasteiger partial charge is 0.513 e. The molecule has 0 bridgehead atoms. The van der Waals surface area contributed by atoms with Gasteiger partial charge in [0.2, 0.25) is 0 Å². The van der Waals surface area contributed by atoms with E-state index in [1.807, 2.05) is 0 Å². The molecule has 1 heterocycles. The maximum atomic E-state index is 12.5. The van der Waals surface area contributed by atoms with Crippen LogP contribution in [0.5, 0.6) is 0 Å². The monoisotopic (exact) mass is 209 g/mol. The number of aryl methyl sites for hydroxylation is 2. The van der Waals surface area contributed by atoms with Gasteiger partial charge in [-0.05, 0) is 13.8 Å². The maximum absolute atomic E-state index is 12.5. The van der Waals surface area contributed by atoms with Gasteiger partial charge in [-0.3, -0.25) is 4.68 Å². The number of halogens is 4. The Morgan fingerprint density at radius 3 is 2.21 bits per heavy atom. The molecule has 0 N–H and O–H groups in total. The minimum Gasteiger partial charge on any atom is -0.445 e. The Morgan fingerprint density at radius 1 is 1.29 bits per heavy atom. The zero-order valence-corrected chi connectivity index (χ0v) is 7.90. The van der Waals surface area contributed by atoms with Gasteiger partial charge < -0.3 is 12.9 Å². The molecule has 0 spiro atoms. The second kappa shape index (κ2) is 3.63. The third-order valence-electron chi connectivity index (χ3n) is 2.06. The van der Waals surface area contributed by atoms with E-state index >= 15 is 0 Å². The Hall–Kier alpha value is -1.01. The minimum absolute atomic E-state index is 0.00681. The van der Waals surface area contributed by atoms with Crippen LogP contribution in [0.2, 0.25) is 0 Å². The molecular formula is C7H10BF4N2-. The molecule has 7 heteroatoms. The third kappa shape index (κ3) is 1.91. The minimum atomic E-state index is -5.05. The summed E-state index contributed by atoms with van der Waals surface area (Å²) in [7, 11) is 0. The molecule has 0 aliphatic rings. The fourth-order valence-electron chi connectivity index (χ4n) is 1.48. The zero-order chi connectivity index (χ0) is 10.9. The molecule has 0 atom stereocenters. The first-order valence-corrected chi connectivity index (χ1v) is 4.17. The predicted molar refractivity (Wildman–Crippen MR) is 46.4 cm³/mol. The number of aromatic nitrogens is 2. The Morgan fingerprint density at radius 2 is 1.86 bits per heavy atom. The van der Waals surface area contributed by atoms with Crippen molar-refractivity contribution in [2.75, 3.05) is 6.67 Å². The molecule has 0 amide bonds. The molecule has 2 nitrogen and oxygen atoms in total. The van der Waals surface area contributed by atoms with Gasteiger partial charge in [-0.2, -0.15) is 5.10 Å². The maximum Gasteiger partial charge on any atom is 0.513 e. The lowest BCUT2D eigenvalue weighted by Gasteiger charge is -2.14. The fourth-order valence-corrected chi connectivity index (χ4v) is 1.48. The van der Waals surface area contributed by atoms with Crippen LogP contribution in [0.25, 0.3) is 0 Å². The lowest BCUT2D eigenvalue weighted by Crippen LogP contribution is -2.37. The number of hydrogen-bond donors (Lipinski definition) is 0. The van der Waals surface area contributed by atoms with Gasteiger partial charge in [0.1, 0.15) is 6.67 Å². The Labute approximate surface area is 79.0 Å². The first kappa shape index (κ1) is 11.1. The van der Waals surface area contributed by atoms with E-state index < -0.39 is 19.1 Å². The van der Waals surface area contributed by atoms with Crippen molar-refractivity contribution in [2.45, 2.75) is 20.4 Å². The molecule has 0 saturated heterocycles. The van der Waals surface area contributed by atoms with Gasteiger partial charge >= 0.3 is 6.98 Å². The van der Waals surface area contributed by atoms with Gasteiger partial charge in [-0.1, -0.05) is 5.46 Å². The van der Waals surface area contributed by atoms with Gasteiger partial charge in [0.05, 0.1) is 6.54 Å². The van der Waals surface area contributed by atoms with E-state index in [9.17, 15) is 17.3 Å². The van der Waals surface area contributed by atoms with Crippen molar-refractivity contribution in [2.24, 2.45) is 0 Å². The molecule has 0 aromatic carbocycles. The van der Waals surface area contributed by atoms with E-state index in [1.54, 1.807) is 0 Å². The van der Waals surface area contributed by atoms with Crippen molar-refractivity contribution in [1.82, 2.24) is 9.78 Å². The standard InChI is InChI=1S/C7H10BF4N2/c1-5-7(8(10,11)12)6(2)14(13-5)4-3-9/h3-4H2,1-2H3/q-1. The summed E-state index contributed by atoms with van der Waals surface area (Å²) in [5, 5.41) is 3.64. The topological polar surface area (TPSA) is 17.8 Å². The molecule has 14 heavy (non-hydrogen) atoms. The van der Waals surface area contributed by atoms with Gasteiger partial charge in [-0.15, -0.1) is 0 Å². The van der Waals surface area contributed by atoms with E-state index in [0.717, 1.165) is 4.68 Å². The van der Waals surface area contributed by atoms with Gasteiger partial charge in [0.25, 0.3) is 0 Å². The van der Waals surface area contributed by atoms with E-state index in [0.29, 0.717) is 0 Å². The van der Waals surface area contributed by atoms with Crippen molar-refractivity contribution in [3.8, 4) is 0 Å². The molecule has 0 radical (unpaired) electrons. The van der Waals surface area contributed by atoms with Crippen LogP contribution in [0.4, 0.5) is 17.3 Å². The van der Waals surface area contributed by atoms with Crippen molar-refractivity contribution in [3.63, 3.8) is 0 Å². The average Bonchev–Trinajstić information content (AvgIpc) is 2.26. The molecule has 0 fully saturated rings. The highest BCUT2D eigenvalue weighted by Crippen LogP contribution is 2.14. The SMILES string of the molecule is Cc1nn(CCF)c(C)c1[B-](F)(F)F. The van der Waals surface area contributed by atoms with Crippen LogP contribution in [-0.4, -0.2) is 23.4 Å². The zero-order valence-electron chi connectivity index (χ0n) is 7.90. The van der Waals surface area contributed by atoms with Crippen LogP contribution in [-0.2, 0) is 6.54 Å². The first-order chi connectivity index (χ1) is 6.38. The van der Waals surface area contributed by atoms with Crippen LogP contribution in [0.1, 0.15) is 11.4 Å². The Balaban J connectivity index is 3.18. The molecule has 0 aliphatic carbocycles. The van der Waals surface area contributed by atoms with Crippen LogP contribution >= 0.6 is 0 Å². The van der Waals surface area contributed by atoms with Gasteiger partial charge in [0, 0.05) is 11.4 Å². The Kier molecular flexibility index (Phi) is 2.87. The summed E-state index contributed by atoms with van der Waals surface area (Å²) < 4.78 is 50.5. The number of hydrogen-bond acceptors (Lipinski definition) is 1. The highest BCUT2D eigenvalue weighted by atomic mass is 19.4. The summed E-state index contributed by atoms with van der Waals surface area (Å²) >= 11 is 0. The lowest BCUT2D eigenvalue weighted by atomic mass is 9.78. The third-order valence-corrected chi connectivity index (χ3v) is 2.06. The molecule has 0 aliphatic heterocycles. The van der Waals surface area contributed by atoms with Crippen LogP contribution in [0, 0.1) is 13.8 Å². The van der Waals surface area contributed by atoms with E-state index in [4.69, 9.17) is 0 Å². The predicted octanol–water partition coefficient (Wildman–Crippen LogP) is 1.52.